The molecule has 1 fully saturated rings. The number of aromatic nitrogens is 2. The first kappa shape index (κ1) is 11.8. The molecular formula is C12H18N4O. The van der Waals surface area contributed by atoms with E-state index in [2.05, 4.69) is 34.4 Å². The summed E-state index contributed by atoms with van der Waals surface area (Å²) in [6.45, 7) is 6.76. The number of aryl methyl sites for hydroxylation is 1. The Morgan fingerprint density at radius 3 is 2.82 bits per heavy atom. The second-order valence-electron chi connectivity index (χ2n) is 4.76. The molecule has 1 aliphatic heterocycles. The van der Waals surface area contributed by atoms with Gasteiger partial charge >= 0.3 is 0 Å². The molecule has 0 aromatic carbocycles. The average molecular weight is 234 g/mol. The zero-order valence-electron chi connectivity index (χ0n) is 10.4. The number of hydrogen-bond donors (Lipinski definition) is 2. The first-order valence-corrected chi connectivity index (χ1v) is 5.93. The maximum Gasteiger partial charge on any atom is 0.222 e. The number of rotatable bonds is 3. The van der Waals surface area contributed by atoms with Crippen LogP contribution in [0.5, 0.6) is 0 Å². The zero-order chi connectivity index (χ0) is 12.4. The van der Waals surface area contributed by atoms with Gasteiger partial charge in [0.1, 0.15) is 11.6 Å². The van der Waals surface area contributed by atoms with Crippen molar-refractivity contribution in [2.24, 2.45) is 0 Å². The lowest BCUT2D eigenvalue weighted by atomic mass is 10.2. The highest BCUT2D eigenvalue weighted by molar-refractivity contribution is 5.79. The van der Waals surface area contributed by atoms with Crippen LogP contribution >= 0.6 is 0 Å². The van der Waals surface area contributed by atoms with Gasteiger partial charge in [0.25, 0.3) is 0 Å². The predicted octanol–water partition coefficient (Wildman–Crippen LogP) is 1.21. The molecule has 2 N–H and O–H groups in total. The molecule has 0 radical (unpaired) electrons. The van der Waals surface area contributed by atoms with Crippen molar-refractivity contribution in [3.05, 3.63) is 17.6 Å². The average Bonchev–Trinajstić information content (AvgIpc) is 2.63. The molecule has 1 amide bonds. The summed E-state index contributed by atoms with van der Waals surface area (Å²) in [5.41, 5.74) is 0.948. The summed E-state index contributed by atoms with van der Waals surface area (Å²) in [5, 5.41) is 6.07. The van der Waals surface area contributed by atoms with E-state index >= 15 is 0 Å². The van der Waals surface area contributed by atoms with Crippen LogP contribution in [-0.2, 0) is 4.79 Å². The summed E-state index contributed by atoms with van der Waals surface area (Å²) in [6.07, 6.45) is 0.514. The summed E-state index contributed by atoms with van der Waals surface area (Å²) in [7, 11) is 0. The maximum absolute atomic E-state index is 11.1. The standard InChI is InChI=1S/C12H18N4O/c1-7(2)12-14-8(3)4-10(16-12)15-9-5-11(17)13-6-9/h4,7,9H,5-6H2,1-3H3,(H,13,17)(H,14,15,16). The van der Waals surface area contributed by atoms with E-state index in [-0.39, 0.29) is 11.9 Å². The fourth-order valence-electron chi connectivity index (χ4n) is 1.84. The van der Waals surface area contributed by atoms with Crippen LogP contribution in [0.25, 0.3) is 0 Å². The molecule has 0 saturated carbocycles. The van der Waals surface area contributed by atoms with Gasteiger partial charge in [-0.3, -0.25) is 4.79 Å². The quantitative estimate of drug-likeness (QED) is 0.825. The van der Waals surface area contributed by atoms with Crippen LogP contribution in [0.3, 0.4) is 0 Å². The van der Waals surface area contributed by atoms with E-state index < -0.39 is 0 Å². The second kappa shape index (κ2) is 4.69. The van der Waals surface area contributed by atoms with Gasteiger partial charge in [-0.1, -0.05) is 13.8 Å². The molecular weight excluding hydrogens is 216 g/mol. The summed E-state index contributed by atoms with van der Waals surface area (Å²) in [5.74, 6) is 2.05. The minimum absolute atomic E-state index is 0.0948. The van der Waals surface area contributed by atoms with Crippen LogP contribution in [0.4, 0.5) is 5.82 Å². The van der Waals surface area contributed by atoms with Gasteiger partial charge in [-0.05, 0) is 6.92 Å². The lowest BCUT2D eigenvalue weighted by Crippen LogP contribution is -2.23. The normalized spacial score (nSPS) is 19.5. The Hall–Kier alpha value is -1.65. The van der Waals surface area contributed by atoms with Crippen molar-refractivity contribution < 1.29 is 4.79 Å². The molecule has 1 unspecified atom stereocenters. The Morgan fingerprint density at radius 1 is 1.47 bits per heavy atom. The van der Waals surface area contributed by atoms with Crippen molar-refractivity contribution in [2.75, 3.05) is 11.9 Å². The van der Waals surface area contributed by atoms with Gasteiger partial charge < -0.3 is 10.6 Å². The number of hydrogen-bond acceptors (Lipinski definition) is 4. The van der Waals surface area contributed by atoms with Crippen molar-refractivity contribution in [1.29, 1.82) is 0 Å². The van der Waals surface area contributed by atoms with Gasteiger partial charge in [0.15, 0.2) is 0 Å². The Balaban J connectivity index is 2.12. The number of carbonyl (C=O) groups is 1. The van der Waals surface area contributed by atoms with Crippen molar-refractivity contribution in [3.63, 3.8) is 0 Å². The van der Waals surface area contributed by atoms with E-state index in [1.54, 1.807) is 0 Å². The molecule has 1 atom stereocenters. The van der Waals surface area contributed by atoms with Gasteiger partial charge in [0, 0.05) is 30.6 Å². The number of amides is 1. The molecule has 0 bridgehead atoms. The molecule has 17 heavy (non-hydrogen) atoms. The number of nitrogens with zero attached hydrogens (tertiary/aromatic N) is 2. The van der Waals surface area contributed by atoms with Crippen molar-refractivity contribution in [1.82, 2.24) is 15.3 Å². The minimum atomic E-state index is 0.0948. The Kier molecular flexibility index (Phi) is 3.26. The van der Waals surface area contributed by atoms with Gasteiger partial charge in [-0.2, -0.15) is 0 Å². The summed E-state index contributed by atoms with van der Waals surface area (Å²) in [6, 6.07) is 2.05. The van der Waals surface area contributed by atoms with Crippen LogP contribution in [0, 0.1) is 6.92 Å². The second-order valence-corrected chi connectivity index (χ2v) is 4.76. The lowest BCUT2D eigenvalue weighted by molar-refractivity contribution is -0.119. The van der Waals surface area contributed by atoms with Crippen LogP contribution in [0.2, 0.25) is 0 Å². The fraction of sp³-hybridized carbons (Fsp3) is 0.583. The van der Waals surface area contributed by atoms with E-state index in [0.717, 1.165) is 17.3 Å². The van der Waals surface area contributed by atoms with E-state index in [1.807, 2.05) is 13.0 Å². The minimum Gasteiger partial charge on any atom is -0.365 e. The van der Waals surface area contributed by atoms with Crippen molar-refractivity contribution in [2.45, 2.75) is 39.2 Å². The molecule has 92 valence electrons. The zero-order valence-corrected chi connectivity index (χ0v) is 10.4. The predicted molar refractivity (Wildman–Crippen MR) is 65.9 cm³/mol. The van der Waals surface area contributed by atoms with Crippen molar-refractivity contribution >= 4 is 11.7 Å². The molecule has 1 saturated heterocycles. The van der Waals surface area contributed by atoms with Gasteiger partial charge in [0.2, 0.25) is 5.91 Å². The van der Waals surface area contributed by atoms with Crippen molar-refractivity contribution in [3.8, 4) is 0 Å². The molecule has 1 aromatic rings. The third kappa shape index (κ3) is 2.93. The molecule has 2 rings (SSSR count). The third-order valence-corrected chi connectivity index (χ3v) is 2.72. The number of nitrogens with one attached hydrogen (secondary N) is 2. The maximum atomic E-state index is 11.1. The smallest absolute Gasteiger partial charge is 0.222 e. The SMILES string of the molecule is Cc1cc(NC2CNC(=O)C2)nc(C(C)C)n1. The van der Waals surface area contributed by atoms with E-state index in [0.29, 0.717) is 18.9 Å². The lowest BCUT2D eigenvalue weighted by Gasteiger charge is -2.13. The molecule has 0 spiro atoms. The highest BCUT2D eigenvalue weighted by Crippen LogP contribution is 2.15. The van der Waals surface area contributed by atoms with E-state index in [4.69, 9.17) is 0 Å². The molecule has 1 aromatic heterocycles. The molecule has 5 heteroatoms. The first-order valence-electron chi connectivity index (χ1n) is 5.93. The first-order chi connectivity index (χ1) is 8.04. The highest BCUT2D eigenvalue weighted by Gasteiger charge is 2.21. The Labute approximate surface area is 101 Å². The molecule has 0 aliphatic carbocycles. The largest absolute Gasteiger partial charge is 0.365 e. The Bertz CT molecular complexity index is 431. The monoisotopic (exact) mass is 234 g/mol. The fourth-order valence-corrected chi connectivity index (χ4v) is 1.84. The van der Waals surface area contributed by atoms with E-state index in [9.17, 15) is 4.79 Å². The van der Waals surface area contributed by atoms with Gasteiger partial charge in [0.05, 0.1) is 6.04 Å². The molecule has 1 aliphatic rings. The van der Waals surface area contributed by atoms with E-state index in [1.165, 1.54) is 0 Å². The number of anilines is 1. The summed E-state index contributed by atoms with van der Waals surface area (Å²) >= 11 is 0. The topological polar surface area (TPSA) is 66.9 Å². The Morgan fingerprint density at radius 2 is 2.24 bits per heavy atom. The number of carbonyl (C=O) groups excluding carboxylic acids is 1. The van der Waals surface area contributed by atoms with Crippen LogP contribution in [0.15, 0.2) is 6.07 Å². The summed E-state index contributed by atoms with van der Waals surface area (Å²) in [4.78, 5) is 20.0. The van der Waals surface area contributed by atoms with Gasteiger partial charge in [-0.25, -0.2) is 9.97 Å². The highest BCUT2D eigenvalue weighted by atomic mass is 16.1. The van der Waals surface area contributed by atoms with Crippen LogP contribution in [0.1, 0.15) is 37.7 Å². The third-order valence-electron chi connectivity index (χ3n) is 2.72. The molecule has 5 nitrogen and oxygen atoms in total. The summed E-state index contributed by atoms with van der Waals surface area (Å²) < 4.78 is 0. The van der Waals surface area contributed by atoms with Crippen LogP contribution in [-0.4, -0.2) is 28.5 Å². The van der Waals surface area contributed by atoms with Crippen LogP contribution < -0.4 is 10.6 Å². The molecule has 2 heterocycles. The van der Waals surface area contributed by atoms with Gasteiger partial charge in [-0.15, -0.1) is 0 Å².